The van der Waals surface area contributed by atoms with Crippen molar-refractivity contribution in [3.8, 4) is 17.2 Å². The van der Waals surface area contributed by atoms with Crippen LogP contribution in [-0.2, 0) is 9.59 Å². The van der Waals surface area contributed by atoms with Crippen molar-refractivity contribution in [2.75, 3.05) is 23.0 Å². The third-order valence-electron chi connectivity index (χ3n) is 4.40. The maximum atomic E-state index is 12.5. The Morgan fingerprint density at radius 1 is 0.875 bits per heavy atom. The Balaban J connectivity index is 1.46. The molecule has 0 aliphatic carbocycles. The second-order valence-electron chi connectivity index (χ2n) is 6.86. The molecule has 3 aromatic carbocycles. The molecule has 1 unspecified atom stereocenters. The second kappa shape index (κ2) is 11.8. The van der Waals surface area contributed by atoms with E-state index in [1.54, 1.807) is 43.3 Å². The van der Waals surface area contributed by atoms with Gasteiger partial charge in [-0.2, -0.15) is 0 Å². The summed E-state index contributed by atoms with van der Waals surface area (Å²) in [7, 11) is 0. The lowest BCUT2D eigenvalue weighted by Gasteiger charge is -2.14. The smallest absolute Gasteiger partial charge is 0.237 e. The van der Waals surface area contributed by atoms with Crippen molar-refractivity contribution in [2.24, 2.45) is 0 Å². The van der Waals surface area contributed by atoms with Crippen molar-refractivity contribution >= 4 is 35.0 Å². The van der Waals surface area contributed by atoms with Gasteiger partial charge >= 0.3 is 0 Å². The minimum atomic E-state index is -0.400. The molecule has 1 atom stereocenters. The van der Waals surface area contributed by atoms with Crippen LogP contribution in [0.15, 0.2) is 78.9 Å². The lowest BCUT2D eigenvalue weighted by molar-refractivity contribution is -0.115. The molecule has 0 aromatic heterocycles. The van der Waals surface area contributed by atoms with Gasteiger partial charge < -0.3 is 20.1 Å². The standard InChI is InChI=1S/C25H26N2O4S/c1-3-30-23-12-8-7-11-22(23)27-24(28)17-32-18(2)25(29)26-19-13-15-21(16-14-19)31-20-9-5-4-6-10-20/h4-16,18H,3,17H2,1-2H3,(H,26,29)(H,27,28). The molecule has 0 aliphatic rings. The van der Waals surface area contributed by atoms with Crippen molar-refractivity contribution in [1.82, 2.24) is 0 Å². The Labute approximate surface area is 192 Å². The predicted octanol–water partition coefficient (Wildman–Crippen LogP) is 5.58. The van der Waals surface area contributed by atoms with Gasteiger partial charge in [0.15, 0.2) is 0 Å². The zero-order chi connectivity index (χ0) is 22.8. The van der Waals surface area contributed by atoms with Crippen LogP contribution in [0.3, 0.4) is 0 Å². The van der Waals surface area contributed by atoms with Crippen LogP contribution < -0.4 is 20.1 Å². The van der Waals surface area contributed by atoms with E-state index in [1.165, 1.54) is 11.8 Å². The third-order valence-corrected chi connectivity index (χ3v) is 5.54. The number of ether oxygens (including phenoxy) is 2. The fraction of sp³-hybridized carbons (Fsp3) is 0.200. The number of nitrogens with one attached hydrogen (secondary N) is 2. The van der Waals surface area contributed by atoms with Crippen LogP contribution in [0.25, 0.3) is 0 Å². The van der Waals surface area contributed by atoms with Crippen molar-refractivity contribution in [1.29, 1.82) is 0 Å². The Hall–Kier alpha value is -3.45. The number of carbonyl (C=O) groups is 2. The highest BCUT2D eigenvalue weighted by Crippen LogP contribution is 2.25. The van der Waals surface area contributed by atoms with E-state index in [-0.39, 0.29) is 17.6 Å². The normalized spacial score (nSPS) is 11.3. The summed E-state index contributed by atoms with van der Waals surface area (Å²) in [5.41, 5.74) is 1.29. The molecule has 32 heavy (non-hydrogen) atoms. The molecule has 0 radical (unpaired) electrons. The highest BCUT2D eigenvalue weighted by atomic mass is 32.2. The highest BCUT2D eigenvalue weighted by Gasteiger charge is 2.16. The van der Waals surface area contributed by atoms with Crippen LogP contribution in [0.1, 0.15) is 13.8 Å². The van der Waals surface area contributed by atoms with Crippen LogP contribution in [0, 0.1) is 0 Å². The van der Waals surface area contributed by atoms with Crippen LogP contribution in [0.5, 0.6) is 17.2 Å². The van der Waals surface area contributed by atoms with E-state index in [0.717, 1.165) is 5.75 Å². The molecule has 0 bridgehead atoms. The van der Waals surface area contributed by atoms with E-state index in [9.17, 15) is 9.59 Å². The zero-order valence-corrected chi connectivity index (χ0v) is 18.9. The molecule has 0 spiro atoms. The molecule has 0 saturated carbocycles. The van der Waals surface area contributed by atoms with Crippen LogP contribution in [0.4, 0.5) is 11.4 Å². The largest absolute Gasteiger partial charge is 0.492 e. The van der Waals surface area contributed by atoms with E-state index >= 15 is 0 Å². The van der Waals surface area contributed by atoms with Crippen LogP contribution in [0.2, 0.25) is 0 Å². The molecule has 0 aliphatic heterocycles. The monoisotopic (exact) mass is 450 g/mol. The summed E-state index contributed by atoms with van der Waals surface area (Å²) >= 11 is 1.27. The maximum Gasteiger partial charge on any atom is 0.237 e. The Morgan fingerprint density at radius 3 is 2.25 bits per heavy atom. The van der Waals surface area contributed by atoms with E-state index in [0.29, 0.717) is 29.5 Å². The molecule has 2 amide bonds. The average Bonchev–Trinajstić information content (AvgIpc) is 2.81. The van der Waals surface area contributed by atoms with Gasteiger partial charge in [0, 0.05) is 5.69 Å². The number of anilines is 2. The molecule has 0 saturated heterocycles. The molecule has 7 heteroatoms. The highest BCUT2D eigenvalue weighted by molar-refractivity contribution is 8.01. The van der Waals surface area contributed by atoms with E-state index in [2.05, 4.69) is 10.6 Å². The summed E-state index contributed by atoms with van der Waals surface area (Å²) in [5, 5.41) is 5.30. The Bertz CT molecular complexity index is 1030. The summed E-state index contributed by atoms with van der Waals surface area (Å²) in [6.45, 7) is 4.17. The quantitative estimate of drug-likeness (QED) is 0.422. The van der Waals surface area contributed by atoms with Crippen molar-refractivity contribution < 1.29 is 19.1 Å². The average molecular weight is 451 g/mol. The van der Waals surface area contributed by atoms with Gasteiger partial charge in [-0.05, 0) is 62.4 Å². The molecular weight excluding hydrogens is 424 g/mol. The topological polar surface area (TPSA) is 76.7 Å². The summed E-state index contributed by atoms with van der Waals surface area (Å²) in [6, 6.07) is 23.9. The van der Waals surface area contributed by atoms with Crippen molar-refractivity contribution in [2.45, 2.75) is 19.1 Å². The van der Waals surface area contributed by atoms with Gasteiger partial charge in [-0.25, -0.2) is 0 Å². The first kappa shape index (κ1) is 23.2. The predicted molar refractivity (Wildman–Crippen MR) is 130 cm³/mol. The molecule has 0 fully saturated rings. The summed E-state index contributed by atoms with van der Waals surface area (Å²) in [5.74, 6) is 1.84. The Morgan fingerprint density at radius 2 is 1.53 bits per heavy atom. The molecular formula is C25H26N2O4S. The van der Waals surface area contributed by atoms with Gasteiger partial charge in [0.1, 0.15) is 17.2 Å². The van der Waals surface area contributed by atoms with Crippen LogP contribution in [-0.4, -0.2) is 29.4 Å². The first-order chi connectivity index (χ1) is 15.5. The van der Waals surface area contributed by atoms with Gasteiger partial charge in [0.2, 0.25) is 11.8 Å². The Kier molecular flexibility index (Phi) is 8.57. The summed E-state index contributed by atoms with van der Waals surface area (Å²) in [6.07, 6.45) is 0. The first-order valence-electron chi connectivity index (χ1n) is 10.3. The van der Waals surface area contributed by atoms with E-state index < -0.39 is 5.25 Å². The molecule has 3 aromatic rings. The number of amides is 2. The number of hydrogen-bond donors (Lipinski definition) is 2. The molecule has 3 rings (SSSR count). The minimum Gasteiger partial charge on any atom is -0.492 e. The second-order valence-corrected chi connectivity index (χ2v) is 8.19. The van der Waals surface area contributed by atoms with E-state index in [1.807, 2.05) is 49.4 Å². The fourth-order valence-corrected chi connectivity index (χ4v) is 3.47. The summed E-state index contributed by atoms with van der Waals surface area (Å²) in [4.78, 5) is 24.8. The SMILES string of the molecule is CCOc1ccccc1NC(=O)CSC(C)C(=O)Nc1ccc(Oc2ccccc2)cc1. The minimum absolute atomic E-state index is 0.152. The maximum absolute atomic E-state index is 12.5. The lowest BCUT2D eigenvalue weighted by Crippen LogP contribution is -2.25. The number of benzene rings is 3. The lowest BCUT2D eigenvalue weighted by atomic mass is 10.3. The molecule has 166 valence electrons. The number of rotatable bonds is 10. The van der Waals surface area contributed by atoms with Gasteiger partial charge in [-0.3, -0.25) is 9.59 Å². The third kappa shape index (κ3) is 7.06. The van der Waals surface area contributed by atoms with Crippen molar-refractivity contribution in [3.05, 3.63) is 78.9 Å². The van der Waals surface area contributed by atoms with E-state index in [4.69, 9.17) is 9.47 Å². The van der Waals surface area contributed by atoms with Gasteiger partial charge in [-0.15, -0.1) is 11.8 Å². The fourth-order valence-electron chi connectivity index (χ4n) is 2.79. The number of carbonyl (C=O) groups excluding carboxylic acids is 2. The molecule has 2 N–H and O–H groups in total. The van der Waals surface area contributed by atoms with Gasteiger partial charge in [0.25, 0.3) is 0 Å². The van der Waals surface area contributed by atoms with Crippen LogP contribution >= 0.6 is 11.8 Å². The number of para-hydroxylation sites is 3. The molecule has 6 nitrogen and oxygen atoms in total. The molecule has 0 heterocycles. The zero-order valence-electron chi connectivity index (χ0n) is 18.0. The summed E-state index contributed by atoms with van der Waals surface area (Å²) < 4.78 is 11.3. The van der Waals surface area contributed by atoms with Gasteiger partial charge in [-0.1, -0.05) is 30.3 Å². The number of thioether (sulfide) groups is 1. The van der Waals surface area contributed by atoms with Crippen molar-refractivity contribution in [3.63, 3.8) is 0 Å². The number of hydrogen-bond acceptors (Lipinski definition) is 5. The first-order valence-corrected chi connectivity index (χ1v) is 11.4. The van der Waals surface area contributed by atoms with Gasteiger partial charge in [0.05, 0.1) is 23.3 Å².